The van der Waals surface area contributed by atoms with E-state index in [1.807, 2.05) is 0 Å². The summed E-state index contributed by atoms with van der Waals surface area (Å²) in [5.74, 6) is -1.66. The lowest BCUT2D eigenvalue weighted by atomic mass is 9.95. The highest BCUT2D eigenvalue weighted by atomic mass is 35.5. The van der Waals surface area contributed by atoms with Gasteiger partial charge in [0.1, 0.15) is 5.92 Å². The Labute approximate surface area is 115 Å². The minimum absolute atomic E-state index is 0.289. The van der Waals surface area contributed by atoms with Crippen LogP contribution < -0.4 is 0 Å². The van der Waals surface area contributed by atoms with Gasteiger partial charge in [0.15, 0.2) is 0 Å². The third-order valence-electron chi connectivity index (χ3n) is 2.91. The first kappa shape index (κ1) is 13.5. The fourth-order valence-corrected chi connectivity index (χ4v) is 2.15. The lowest BCUT2D eigenvalue weighted by Crippen LogP contribution is -2.22. The fraction of sp³-hybridized carbons (Fsp3) is 0.214. The average Bonchev–Trinajstić information content (AvgIpc) is 2.66. The summed E-state index contributed by atoms with van der Waals surface area (Å²) in [5, 5.41) is 0.510. The second kappa shape index (κ2) is 5.36. The highest BCUT2D eigenvalue weighted by molar-refractivity contribution is 6.32. The predicted molar refractivity (Wildman–Crippen MR) is 73.1 cm³/mol. The molecule has 0 N–H and O–H groups in total. The number of benzene rings is 1. The molecule has 0 aliphatic carbocycles. The van der Waals surface area contributed by atoms with E-state index in [-0.39, 0.29) is 5.57 Å². The third kappa shape index (κ3) is 2.58. The monoisotopic (exact) mass is 277 g/mol. The Morgan fingerprint density at radius 3 is 2.74 bits per heavy atom. The Morgan fingerprint density at radius 2 is 2.11 bits per heavy atom. The maximum absolute atomic E-state index is 11.8. The standard InChI is InChI=1S/C14H12ClNO3/c1-8-12(14(18)19-2)10(13(17)16-8)7-9-5-3-4-6-11(9)15/h3-7,12H,1-2H3/b10-7-. The van der Waals surface area contributed by atoms with Crippen LogP contribution in [-0.2, 0) is 14.3 Å². The zero-order valence-electron chi connectivity index (χ0n) is 10.5. The molecule has 5 heteroatoms. The van der Waals surface area contributed by atoms with Crippen LogP contribution in [0.1, 0.15) is 12.5 Å². The largest absolute Gasteiger partial charge is 0.468 e. The van der Waals surface area contributed by atoms with Gasteiger partial charge in [-0.25, -0.2) is 4.99 Å². The van der Waals surface area contributed by atoms with Crippen LogP contribution in [0.5, 0.6) is 0 Å². The minimum Gasteiger partial charge on any atom is -0.468 e. The van der Waals surface area contributed by atoms with E-state index < -0.39 is 17.8 Å². The second-order valence-electron chi connectivity index (χ2n) is 4.14. The van der Waals surface area contributed by atoms with Gasteiger partial charge in [0.25, 0.3) is 5.91 Å². The molecule has 0 bridgehead atoms. The van der Waals surface area contributed by atoms with Crippen LogP contribution in [-0.4, -0.2) is 24.7 Å². The first-order valence-electron chi connectivity index (χ1n) is 5.68. The van der Waals surface area contributed by atoms with Gasteiger partial charge in [-0.3, -0.25) is 9.59 Å². The number of hydrogen-bond donors (Lipinski definition) is 0. The van der Waals surface area contributed by atoms with E-state index >= 15 is 0 Å². The second-order valence-corrected chi connectivity index (χ2v) is 4.54. The van der Waals surface area contributed by atoms with Gasteiger partial charge in [0, 0.05) is 16.3 Å². The molecule has 1 amide bonds. The van der Waals surface area contributed by atoms with Crippen molar-refractivity contribution in [2.24, 2.45) is 10.9 Å². The maximum atomic E-state index is 11.8. The third-order valence-corrected chi connectivity index (χ3v) is 3.25. The van der Waals surface area contributed by atoms with E-state index in [1.165, 1.54) is 7.11 Å². The van der Waals surface area contributed by atoms with Crippen LogP contribution in [0.25, 0.3) is 6.08 Å². The van der Waals surface area contributed by atoms with Gasteiger partial charge < -0.3 is 4.74 Å². The van der Waals surface area contributed by atoms with Gasteiger partial charge in [0.2, 0.25) is 0 Å². The molecule has 0 saturated carbocycles. The van der Waals surface area contributed by atoms with E-state index in [9.17, 15) is 9.59 Å². The number of aliphatic imine (C=N–C) groups is 1. The first-order chi connectivity index (χ1) is 9.04. The molecule has 19 heavy (non-hydrogen) atoms. The highest BCUT2D eigenvalue weighted by Crippen LogP contribution is 2.28. The number of hydrogen-bond acceptors (Lipinski definition) is 3. The Kier molecular flexibility index (Phi) is 3.81. The molecule has 2 rings (SSSR count). The van der Waals surface area contributed by atoms with Gasteiger partial charge in [-0.05, 0) is 24.6 Å². The molecule has 1 aliphatic rings. The fourth-order valence-electron chi connectivity index (χ4n) is 1.96. The average molecular weight is 278 g/mol. The topological polar surface area (TPSA) is 55.7 Å². The van der Waals surface area contributed by atoms with E-state index in [4.69, 9.17) is 16.3 Å². The number of methoxy groups -OCH3 is 1. The highest BCUT2D eigenvalue weighted by Gasteiger charge is 2.36. The Morgan fingerprint density at radius 1 is 1.42 bits per heavy atom. The lowest BCUT2D eigenvalue weighted by molar-refractivity contribution is -0.142. The molecule has 0 radical (unpaired) electrons. The molecular weight excluding hydrogens is 266 g/mol. The number of rotatable bonds is 2. The number of amides is 1. The molecule has 1 atom stereocenters. The van der Waals surface area contributed by atoms with Crippen molar-refractivity contribution in [3.8, 4) is 0 Å². The lowest BCUT2D eigenvalue weighted by Gasteiger charge is -2.09. The molecule has 1 unspecified atom stereocenters. The number of carbonyl (C=O) groups is 2. The Bertz CT molecular complexity index is 604. The molecule has 1 aromatic carbocycles. The summed E-state index contributed by atoms with van der Waals surface area (Å²) in [5.41, 5.74) is 1.40. The van der Waals surface area contributed by atoms with Gasteiger partial charge in [0.05, 0.1) is 7.11 Å². The smallest absolute Gasteiger partial charge is 0.319 e. The van der Waals surface area contributed by atoms with Crippen molar-refractivity contribution in [2.45, 2.75) is 6.92 Å². The summed E-state index contributed by atoms with van der Waals surface area (Å²) in [6.07, 6.45) is 1.59. The molecule has 0 aromatic heterocycles. The van der Waals surface area contributed by atoms with Crippen LogP contribution in [0.15, 0.2) is 34.8 Å². The van der Waals surface area contributed by atoms with Crippen LogP contribution in [0.3, 0.4) is 0 Å². The van der Waals surface area contributed by atoms with Gasteiger partial charge in [-0.2, -0.15) is 0 Å². The van der Waals surface area contributed by atoms with Crippen LogP contribution in [0.4, 0.5) is 0 Å². The van der Waals surface area contributed by atoms with Crippen molar-refractivity contribution >= 4 is 35.3 Å². The Hall–Kier alpha value is -1.94. The van der Waals surface area contributed by atoms with Gasteiger partial charge >= 0.3 is 5.97 Å². The van der Waals surface area contributed by atoms with Crippen molar-refractivity contribution in [3.63, 3.8) is 0 Å². The summed E-state index contributed by atoms with van der Waals surface area (Å²) in [6, 6.07) is 7.08. The zero-order valence-corrected chi connectivity index (χ0v) is 11.3. The molecule has 1 heterocycles. The zero-order chi connectivity index (χ0) is 14.0. The van der Waals surface area contributed by atoms with E-state index in [2.05, 4.69) is 4.99 Å². The molecule has 0 saturated heterocycles. The van der Waals surface area contributed by atoms with Crippen molar-refractivity contribution in [1.29, 1.82) is 0 Å². The molecular formula is C14H12ClNO3. The number of carbonyl (C=O) groups excluding carboxylic acids is 2. The molecule has 0 fully saturated rings. The first-order valence-corrected chi connectivity index (χ1v) is 6.06. The number of halogens is 1. The Balaban J connectivity index is 2.46. The van der Waals surface area contributed by atoms with Crippen molar-refractivity contribution in [2.75, 3.05) is 7.11 Å². The van der Waals surface area contributed by atoms with Crippen molar-refractivity contribution in [3.05, 3.63) is 40.4 Å². The van der Waals surface area contributed by atoms with E-state index in [0.717, 1.165) is 0 Å². The summed E-state index contributed by atoms with van der Waals surface area (Å²) < 4.78 is 4.71. The summed E-state index contributed by atoms with van der Waals surface area (Å²) >= 11 is 6.04. The number of ether oxygens (including phenoxy) is 1. The predicted octanol–water partition coefficient (Wildman–Crippen LogP) is 2.51. The van der Waals surface area contributed by atoms with Crippen LogP contribution >= 0.6 is 11.6 Å². The normalized spacial score (nSPS) is 20.6. The van der Waals surface area contributed by atoms with Gasteiger partial charge in [-0.1, -0.05) is 29.8 Å². The van der Waals surface area contributed by atoms with E-state index in [0.29, 0.717) is 16.3 Å². The SMILES string of the molecule is COC(=O)C1C(C)=NC(=O)/C1=C\c1ccccc1Cl. The quantitative estimate of drug-likeness (QED) is 0.616. The summed E-state index contributed by atoms with van der Waals surface area (Å²) in [6.45, 7) is 1.63. The van der Waals surface area contributed by atoms with E-state index in [1.54, 1.807) is 37.3 Å². The maximum Gasteiger partial charge on any atom is 0.319 e. The summed E-state index contributed by atoms with van der Waals surface area (Å²) in [4.78, 5) is 27.4. The number of esters is 1. The molecule has 1 aromatic rings. The van der Waals surface area contributed by atoms with Crippen LogP contribution in [0, 0.1) is 5.92 Å². The van der Waals surface area contributed by atoms with Gasteiger partial charge in [-0.15, -0.1) is 0 Å². The molecule has 0 spiro atoms. The summed E-state index contributed by atoms with van der Waals surface area (Å²) in [7, 11) is 1.28. The van der Waals surface area contributed by atoms with Crippen molar-refractivity contribution in [1.82, 2.24) is 0 Å². The molecule has 4 nitrogen and oxygen atoms in total. The molecule has 1 aliphatic heterocycles. The number of nitrogens with zero attached hydrogens (tertiary/aromatic N) is 1. The minimum atomic E-state index is -0.742. The van der Waals surface area contributed by atoms with Crippen molar-refractivity contribution < 1.29 is 14.3 Å². The van der Waals surface area contributed by atoms with Crippen LogP contribution in [0.2, 0.25) is 5.02 Å². The molecule has 98 valence electrons.